The fraction of sp³-hybridized carbons (Fsp3) is 0.0952. The number of nitrogens with zero attached hydrogens (tertiary/aromatic N) is 3. The van der Waals surface area contributed by atoms with Crippen molar-refractivity contribution in [3.8, 4) is 23.5 Å². The van der Waals surface area contributed by atoms with E-state index in [1.165, 1.54) is 22.9 Å². The molecule has 0 aliphatic carbocycles. The molecule has 2 aromatic heterocycles. The van der Waals surface area contributed by atoms with Gasteiger partial charge in [-0.15, -0.1) is 22.9 Å². The molecule has 0 saturated carbocycles. The zero-order chi connectivity index (χ0) is 22.5. The van der Waals surface area contributed by atoms with Gasteiger partial charge in [0, 0.05) is 10.9 Å². The number of amides is 3. The molecule has 0 saturated heterocycles. The number of benzene rings is 2. The molecule has 4 aromatic rings. The van der Waals surface area contributed by atoms with E-state index in [0.717, 1.165) is 26.9 Å². The summed E-state index contributed by atoms with van der Waals surface area (Å²) in [4.78, 5) is 27.7. The van der Waals surface area contributed by atoms with Crippen LogP contribution in [0.3, 0.4) is 0 Å². The summed E-state index contributed by atoms with van der Waals surface area (Å²) in [6, 6.07) is 12.2. The number of aromatic nitrogens is 3. The molecule has 9 nitrogen and oxygen atoms in total. The summed E-state index contributed by atoms with van der Waals surface area (Å²) in [5, 5.41) is 11.6. The normalized spacial score (nSPS) is 11.5. The SMILES string of the molecule is C#Cc1nc(NC(=O)N[C@@H](COC(N)=O)c2ccc(-c3cccc4nnsc34)cc2)cs1. The van der Waals surface area contributed by atoms with Crippen LogP contribution in [0.4, 0.5) is 15.4 Å². The van der Waals surface area contributed by atoms with Gasteiger partial charge >= 0.3 is 12.1 Å². The van der Waals surface area contributed by atoms with Crippen molar-refractivity contribution in [2.24, 2.45) is 5.73 Å². The molecule has 160 valence electrons. The number of anilines is 1. The summed E-state index contributed by atoms with van der Waals surface area (Å²) < 4.78 is 9.93. The summed E-state index contributed by atoms with van der Waals surface area (Å²) in [5.74, 6) is 2.74. The van der Waals surface area contributed by atoms with Gasteiger partial charge in [-0.3, -0.25) is 5.32 Å². The molecule has 0 radical (unpaired) electrons. The second kappa shape index (κ2) is 9.42. The van der Waals surface area contributed by atoms with Crippen LogP contribution in [0.15, 0.2) is 47.8 Å². The first-order valence-corrected chi connectivity index (χ1v) is 10.9. The van der Waals surface area contributed by atoms with Gasteiger partial charge < -0.3 is 15.8 Å². The fourth-order valence-corrected chi connectivity index (χ4v) is 4.27. The minimum Gasteiger partial charge on any atom is -0.447 e. The number of rotatable bonds is 6. The molecule has 11 heteroatoms. The summed E-state index contributed by atoms with van der Waals surface area (Å²) in [6.45, 7) is -0.136. The van der Waals surface area contributed by atoms with E-state index in [1.807, 2.05) is 42.5 Å². The number of nitrogens with two attached hydrogens (primary N) is 1. The van der Waals surface area contributed by atoms with Crippen molar-refractivity contribution in [2.45, 2.75) is 6.04 Å². The Kier molecular flexibility index (Phi) is 6.25. The minimum atomic E-state index is -0.934. The molecule has 0 fully saturated rings. The predicted molar refractivity (Wildman–Crippen MR) is 123 cm³/mol. The molecule has 4 rings (SSSR count). The highest BCUT2D eigenvalue weighted by Gasteiger charge is 2.18. The largest absolute Gasteiger partial charge is 0.447 e. The Bertz CT molecular complexity index is 1310. The number of hydrogen-bond donors (Lipinski definition) is 3. The van der Waals surface area contributed by atoms with Gasteiger partial charge in [0.25, 0.3) is 0 Å². The van der Waals surface area contributed by atoms with E-state index in [9.17, 15) is 9.59 Å². The Morgan fingerprint density at radius 2 is 2.03 bits per heavy atom. The van der Waals surface area contributed by atoms with E-state index < -0.39 is 18.2 Å². The number of terminal acetylenes is 1. The lowest BCUT2D eigenvalue weighted by atomic mass is 10.0. The highest BCUT2D eigenvalue weighted by molar-refractivity contribution is 7.13. The van der Waals surface area contributed by atoms with Crippen LogP contribution in [-0.4, -0.2) is 33.3 Å². The van der Waals surface area contributed by atoms with Crippen LogP contribution in [0.2, 0.25) is 0 Å². The number of primary amides is 1. The molecule has 3 amide bonds. The molecule has 0 aliphatic heterocycles. The molecular formula is C21H16N6O3S2. The summed E-state index contributed by atoms with van der Waals surface area (Å²) in [6.07, 6.45) is 4.37. The van der Waals surface area contributed by atoms with Crippen LogP contribution in [0.5, 0.6) is 0 Å². The molecule has 0 spiro atoms. The minimum absolute atomic E-state index is 0.136. The Morgan fingerprint density at radius 1 is 1.22 bits per heavy atom. The third-order valence-electron chi connectivity index (χ3n) is 4.47. The summed E-state index contributed by atoms with van der Waals surface area (Å²) in [7, 11) is 0. The molecule has 1 atom stereocenters. The van der Waals surface area contributed by atoms with Gasteiger partial charge in [0.2, 0.25) is 0 Å². The van der Waals surface area contributed by atoms with Gasteiger partial charge in [0.15, 0.2) is 5.01 Å². The molecule has 2 aromatic carbocycles. The first-order valence-electron chi connectivity index (χ1n) is 9.27. The van der Waals surface area contributed by atoms with Gasteiger partial charge in [0.1, 0.15) is 17.9 Å². The zero-order valence-corrected chi connectivity index (χ0v) is 18.1. The van der Waals surface area contributed by atoms with Crippen molar-refractivity contribution in [2.75, 3.05) is 11.9 Å². The average Bonchev–Trinajstić information content (AvgIpc) is 3.45. The third-order valence-corrected chi connectivity index (χ3v) is 6.01. The topological polar surface area (TPSA) is 132 Å². The van der Waals surface area contributed by atoms with Gasteiger partial charge in [0.05, 0.1) is 10.7 Å². The number of urea groups is 1. The second-order valence-electron chi connectivity index (χ2n) is 6.51. The number of carbonyl (C=O) groups is 2. The Hall–Kier alpha value is -4.01. The average molecular weight is 465 g/mol. The van der Waals surface area contributed by atoms with E-state index in [4.69, 9.17) is 16.9 Å². The molecule has 0 bridgehead atoms. The van der Waals surface area contributed by atoms with E-state index in [-0.39, 0.29) is 6.61 Å². The van der Waals surface area contributed by atoms with Crippen molar-refractivity contribution in [1.82, 2.24) is 19.9 Å². The Morgan fingerprint density at radius 3 is 2.75 bits per heavy atom. The number of thiazole rings is 1. The predicted octanol–water partition coefficient (Wildman–Crippen LogP) is 3.75. The Balaban J connectivity index is 1.53. The van der Waals surface area contributed by atoms with Crippen molar-refractivity contribution >= 4 is 51.0 Å². The summed E-state index contributed by atoms with van der Waals surface area (Å²) in [5.41, 5.74) is 8.64. The number of carbonyl (C=O) groups excluding carboxylic acids is 2. The lowest BCUT2D eigenvalue weighted by Crippen LogP contribution is -2.36. The first kappa shape index (κ1) is 21.2. The van der Waals surface area contributed by atoms with Crippen LogP contribution >= 0.6 is 22.9 Å². The molecular weight excluding hydrogens is 448 g/mol. The lowest BCUT2D eigenvalue weighted by Gasteiger charge is -2.19. The zero-order valence-electron chi connectivity index (χ0n) is 16.4. The van der Waals surface area contributed by atoms with Crippen molar-refractivity contribution < 1.29 is 14.3 Å². The van der Waals surface area contributed by atoms with Gasteiger partial charge in [-0.2, -0.15) is 0 Å². The smallest absolute Gasteiger partial charge is 0.404 e. The van der Waals surface area contributed by atoms with Gasteiger partial charge in [-0.05, 0) is 34.6 Å². The molecule has 4 N–H and O–H groups in total. The first-order chi connectivity index (χ1) is 15.5. The summed E-state index contributed by atoms with van der Waals surface area (Å²) >= 11 is 2.57. The van der Waals surface area contributed by atoms with Crippen molar-refractivity contribution in [3.05, 3.63) is 58.4 Å². The lowest BCUT2D eigenvalue weighted by molar-refractivity contribution is 0.144. The molecule has 0 aliphatic rings. The fourth-order valence-electron chi connectivity index (χ4n) is 3.02. The van der Waals surface area contributed by atoms with Crippen LogP contribution in [0, 0.1) is 12.3 Å². The van der Waals surface area contributed by atoms with Crippen LogP contribution < -0.4 is 16.4 Å². The van der Waals surface area contributed by atoms with Crippen molar-refractivity contribution in [3.63, 3.8) is 0 Å². The highest BCUT2D eigenvalue weighted by Crippen LogP contribution is 2.30. The maximum absolute atomic E-state index is 12.5. The molecule has 2 heterocycles. The van der Waals surface area contributed by atoms with E-state index in [2.05, 4.69) is 31.1 Å². The third kappa shape index (κ3) is 4.83. The van der Waals surface area contributed by atoms with E-state index >= 15 is 0 Å². The quantitative estimate of drug-likeness (QED) is 0.372. The molecule has 0 unspecified atom stereocenters. The monoisotopic (exact) mass is 464 g/mol. The number of hydrogen-bond acceptors (Lipinski definition) is 8. The van der Waals surface area contributed by atoms with Crippen LogP contribution in [0.25, 0.3) is 21.3 Å². The van der Waals surface area contributed by atoms with Crippen molar-refractivity contribution in [1.29, 1.82) is 0 Å². The highest BCUT2D eigenvalue weighted by atomic mass is 32.1. The second-order valence-corrected chi connectivity index (χ2v) is 8.12. The maximum Gasteiger partial charge on any atom is 0.404 e. The number of ether oxygens (including phenoxy) is 1. The van der Waals surface area contributed by atoms with E-state index in [0.29, 0.717) is 10.8 Å². The molecule has 32 heavy (non-hydrogen) atoms. The van der Waals surface area contributed by atoms with Crippen LogP contribution in [0.1, 0.15) is 16.6 Å². The standard InChI is InChI=1S/C21H16N6O3S2/c1-2-18-24-17(11-31-18)25-21(29)23-16(10-30-20(22)28)13-8-6-12(7-9-13)14-4-3-5-15-19(14)32-27-26-15/h1,3-9,11,16H,10H2,(H2,22,28)(H2,23,25,29)/t16-/m0/s1. The maximum atomic E-state index is 12.5. The number of nitrogens with one attached hydrogen (secondary N) is 2. The number of fused-ring (bicyclic) bond motifs is 1. The van der Waals surface area contributed by atoms with Gasteiger partial charge in [-0.25, -0.2) is 14.6 Å². The van der Waals surface area contributed by atoms with Crippen LogP contribution in [-0.2, 0) is 4.74 Å². The van der Waals surface area contributed by atoms with E-state index in [1.54, 1.807) is 5.38 Å². The van der Waals surface area contributed by atoms with Gasteiger partial charge in [-0.1, -0.05) is 40.9 Å². The Labute approximate surface area is 190 Å².